The van der Waals surface area contributed by atoms with Crippen LogP contribution in [-0.2, 0) is 4.79 Å². The molecule has 22 heavy (non-hydrogen) atoms. The zero-order chi connectivity index (χ0) is 15.9. The second kappa shape index (κ2) is 7.61. The third kappa shape index (κ3) is 4.89. The van der Waals surface area contributed by atoms with Crippen LogP contribution >= 0.6 is 15.9 Å². The molecule has 2 N–H and O–H groups in total. The molecule has 0 radical (unpaired) electrons. The molecule has 2 aromatic rings. The number of phenolic OH excluding ortho intramolecular Hbond substituents is 1. The van der Waals surface area contributed by atoms with E-state index in [9.17, 15) is 9.90 Å². The minimum absolute atomic E-state index is 0.125. The van der Waals surface area contributed by atoms with Gasteiger partial charge in [0.1, 0.15) is 11.5 Å². The van der Waals surface area contributed by atoms with E-state index in [2.05, 4.69) is 26.5 Å². The zero-order valence-electron chi connectivity index (χ0n) is 11.9. The Morgan fingerprint density at radius 3 is 2.91 bits per heavy atom. The number of phenols is 1. The number of nitrogens with one attached hydrogen (secondary N) is 1. The lowest BCUT2D eigenvalue weighted by molar-refractivity contribution is -0.123. The van der Waals surface area contributed by atoms with Crippen LogP contribution in [0.2, 0.25) is 0 Å². The molecule has 0 aromatic heterocycles. The average molecular weight is 363 g/mol. The van der Waals surface area contributed by atoms with Crippen molar-refractivity contribution >= 4 is 28.1 Å². The Morgan fingerprint density at radius 2 is 2.18 bits per heavy atom. The van der Waals surface area contributed by atoms with Crippen LogP contribution in [0.4, 0.5) is 0 Å². The highest BCUT2D eigenvalue weighted by molar-refractivity contribution is 9.10. The third-order valence-electron chi connectivity index (χ3n) is 2.77. The van der Waals surface area contributed by atoms with Gasteiger partial charge in [0, 0.05) is 4.47 Å². The molecule has 0 aliphatic heterocycles. The summed E-state index contributed by atoms with van der Waals surface area (Å²) in [5.41, 5.74) is 3.99. The number of nitrogens with zero attached hydrogens (tertiary/aromatic N) is 1. The highest BCUT2D eigenvalue weighted by atomic mass is 79.9. The number of aromatic hydroxyl groups is 1. The van der Waals surface area contributed by atoms with E-state index in [1.54, 1.807) is 24.3 Å². The monoisotopic (exact) mass is 362 g/mol. The molecule has 114 valence electrons. The molecule has 0 saturated carbocycles. The lowest BCUT2D eigenvalue weighted by atomic mass is 10.2. The molecule has 6 heteroatoms. The predicted molar refractivity (Wildman–Crippen MR) is 88.2 cm³/mol. The Hall–Kier alpha value is -2.34. The van der Waals surface area contributed by atoms with Crippen molar-refractivity contribution in [3.05, 3.63) is 58.1 Å². The summed E-state index contributed by atoms with van der Waals surface area (Å²) in [6.07, 6.45) is 1.45. The average Bonchev–Trinajstić information content (AvgIpc) is 2.46. The van der Waals surface area contributed by atoms with E-state index in [4.69, 9.17) is 4.74 Å². The lowest BCUT2D eigenvalue weighted by Gasteiger charge is -2.08. The van der Waals surface area contributed by atoms with Gasteiger partial charge in [-0.15, -0.1) is 0 Å². The third-order valence-corrected chi connectivity index (χ3v) is 3.26. The normalized spacial score (nSPS) is 10.6. The highest BCUT2D eigenvalue weighted by Gasteiger charge is 2.04. The van der Waals surface area contributed by atoms with E-state index >= 15 is 0 Å². The van der Waals surface area contributed by atoms with Crippen LogP contribution in [0.3, 0.4) is 0 Å². The molecule has 0 saturated heterocycles. The SMILES string of the molecule is Cc1cc(Br)ccc1OCC(=O)NN=Cc1cccc(O)c1. The topological polar surface area (TPSA) is 70.9 Å². The Balaban J connectivity index is 1.83. The van der Waals surface area contributed by atoms with Crippen LogP contribution in [0.1, 0.15) is 11.1 Å². The molecule has 0 bridgehead atoms. The van der Waals surface area contributed by atoms with Crippen LogP contribution < -0.4 is 10.2 Å². The number of rotatable bonds is 5. The molecular weight excluding hydrogens is 348 g/mol. The Labute approximate surface area is 136 Å². The van der Waals surface area contributed by atoms with Crippen molar-refractivity contribution in [2.24, 2.45) is 5.10 Å². The Bertz CT molecular complexity index is 702. The number of aryl methyl sites for hydroxylation is 1. The van der Waals surface area contributed by atoms with Crippen molar-refractivity contribution < 1.29 is 14.6 Å². The molecule has 0 aliphatic carbocycles. The summed E-state index contributed by atoms with van der Waals surface area (Å²) in [5, 5.41) is 13.1. The number of hydrogen-bond acceptors (Lipinski definition) is 4. The second-order valence-electron chi connectivity index (χ2n) is 4.59. The van der Waals surface area contributed by atoms with Gasteiger partial charge >= 0.3 is 0 Å². The Morgan fingerprint density at radius 1 is 1.36 bits per heavy atom. The molecule has 0 fully saturated rings. The summed E-state index contributed by atoms with van der Waals surface area (Å²) in [6.45, 7) is 1.78. The second-order valence-corrected chi connectivity index (χ2v) is 5.50. The number of hydrogen-bond donors (Lipinski definition) is 2. The standard InChI is InChI=1S/C16H15BrN2O3/c1-11-7-13(17)5-6-15(11)22-10-16(21)19-18-9-12-3-2-4-14(20)8-12/h2-9,20H,10H2,1H3,(H,19,21). The maximum Gasteiger partial charge on any atom is 0.277 e. The van der Waals surface area contributed by atoms with Gasteiger partial charge < -0.3 is 9.84 Å². The number of carbonyl (C=O) groups excluding carboxylic acids is 1. The number of halogens is 1. The maximum absolute atomic E-state index is 11.6. The van der Waals surface area contributed by atoms with E-state index in [1.807, 2.05) is 19.1 Å². The van der Waals surface area contributed by atoms with Crippen molar-refractivity contribution in [2.75, 3.05) is 6.61 Å². The van der Waals surface area contributed by atoms with Gasteiger partial charge in [-0.05, 0) is 48.4 Å². The van der Waals surface area contributed by atoms with Gasteiger partial charge in [0.05, 0.1) is 6.21 Å². The largest absolute Gasteiger partial charge is 0.508 e. The lowest BCUT2D eigenvalue weighted by Crippen LogP contribution is -2.24. The molecule has 5 nitrogen and oxygen atoms in total. The number of hydrazone groups is 1. The highest BCUT2D eigenvalue weighted by Crippen LogP contribution is 2.21. The minimum atomic E-state index is -0.362. The fourth-order valence-corrected chi connectivity index (χ4v) is 2.21. The van der Waals surface area contributed by atoms with Crippen molar-refractivity contribution in [3.63, 3.8) is 0 Å². The fraction of sp³-hybridized carbons (Fsp3) is 0.125. The summed E-state index contributed by atoms with van der Waals surface area (Å²) in [5.74, 6) is 0.429. The first-order valence-electron chi connectivity index (χ1n) is 6.54. The molecule has 0 spiro atoms. The van der Waals surface area contributed by atoms with Crippen LogP contribution in [0, 0.1) is 6.92 Å². The van der Waals surface area contributed by atoms with E-state index < -0.39 is 0 Å². The summed E-state index contributed by atoms with van der Waals surface area (Å²) >= 11 is 3.37. The van der Waals surface area contributed by atoms with Crippen LogP contribution in [0.25, 0.3) is 0 Å². The van der Waals surface area contributed by atoms with Crippen molar-refractivity contribution in [1.82, 2.24) is 5.43 Å². The first-order chi connectivity index (χ1) is 10.5. The molecule has 1 amide bonds. The first-order valence-corrected chi connectivity index (χ1v) is 7.34. The van der Waals surface area contributed by atoms with E-state index in [-0.39, 0.29) is 18.3 Å². The first kappa shape index (κ1) is 16.0. The van der Waals surface area contributed by atoms with Gasteiger partial charge in [-0.1, -0.05) is 28.1 Å². The predicted octanol–water partition coefficient (Wildman–Crippen LogP) is 2.99. The van der Waals surface area contributed by atoms with Gasteiger partial charge in [-0.3, -0.25) is 4.79 Å². The van der Waals surface area contributed by atoms with Gasteiger partial charge in [-0.25, -0.2) is 5.43 Å². The Kier molecular flexibility index (Phi) is 5.55. The number of ether oxygens (including phenoxy) is 1. The molecule has 0 heterocycles. The smallest absolute Gasteiger partial charge is 0.277 e. The zero-order valence-corrected chi connectivity index (χ0v) is 13.5. The molecule has 0 aliphatic rings. The van der Waals surface area contributed by atoms with Gasteiger partial charge in [0.15, 0.2) is 6.61 Å². The molecule has 2 aromatic carbocycles. The van der Waals surface area contributed by atoms with Crippen LogP contribution in [0.5, 0.6) is 11.5 Å². The molecule has 0 atom stereocenters. The fourth-order valence-electron chi connectivity index (χ4n) is 1.73. The minimum Gasteiger partial charge on any atom is -0.508 e. The molecule has 0 unspecified atom stereocenters. The summed E-state index contributed by atoms with van der Waals surface area (Å²) in [4.78, 5) is 11.6. The van der Waals surface area contributed by atoms with Crippen molar-refractivity contribution in [3.8, 4) is 11.5 Å². The summed E-state index contributed by atoms with van der Waals surface area (Å²) in [6, 6.07) is 12.1. The number of carbonyl (C=O) groups is 1. The van der Waals surface area contributed by atoms with Gasteiger partial charge in [-0.2, -0.15) is 5.10 Å². The van der Waals surface area contributed by atoms with Gasteiger partial charge in [0.25, 0.3) is 5.91 Å². The maximum atomic E-state index is 11.6. The summed E-state index contributed by atoms with van der Waals surface area (Å²) in [7, 11) is 0. The van der Waals surface area contributed by atoms with E-state index in [1.165, 1.54) is 12.3 Å². The molecular formula is C16H15BrN2O3. The van der Waals surface area contributed by atoms with Crippen molar-refractivity contribution in [2.45, 2.75) is 6.92 Å². The molecule has 2 rings (SSSR count). The quantitative estimate of drug-likeness (QED) is 0.634. The van der Waals surface area contributed by atoms with Crippen molar-refractivity contribution in [1.29, 1.82) is 0 Å². The number of amides is 1. The van der Waals surface area contributed by atoms with Gasteiger partial charge in [0.2, 0.25) is 0 Å². The number of benzene rings is 2. The van der Waals surface area contributed by atoms with E-state index in [0.717, 1.165) is 10.0 Å². The summed E-state index contributed by atoms with van der Waals surface area (Å²) < 4.78 is 6.38. The van der Waals surface area contributed by atoms with E-state index in [0.29, 0.717) is 11.3 Å². The van der Waals surface area contributed by atoms with Crippen LogP contribution in [-0.4, -0.2) is 23.8 Å². The van der Waals surface area contributed by atoms with Crippen LogP contribution in [0.15, 0.2) is 52.0 Å².